The first kappa shape index (κ1) is 14.7. The zero-order valence-electron chi connectivity index (χ0n) is 11.2. The molecule has 3 N–H and O–H groups in total. The van der Waals surface area contributed by atoms with Crippen LogP contribution in [0.1, 0.15) is 15.9 Å². The first-order chi connectivity index (χ1) is 10.0. The summed E-state index contributed by atoms with van der Waals surface area (Å²) in [5.41, 5.74) is 7.23. The van der Waals surface area contributed by atoms with Gasteiger partial charge in [0.05, 0.1) is 35.0 Å². The second-order valence-electron chi connectivity index (χ2n) is 4.21. The average Bonchev–Trinajstić information content (AvgIpc) is 2.49. The van der Waals surface area contributed by atoms with Gasteiger partial charge in [0, 0.05) is 5.69 Å². The van der Waals surface area contributed by atoms with Crippen LogP contribution in [0.4, 0.5) is 11.4 Å². The highest BCUT2D eigenvalue weighted by atomic mass is 35.5. The number of carbonyl (C=O) groups is 1. The number of nitrogens with zero attached hydrogens (tertiary/aromatic N) is 1. The van der Waals surface area contributed by atoms with Crippen LogP contribution in [0, 0.1) is 11.3 Å². The average molecular weight is 302 g/mol. The number of carbonyl (C=O) groups excluding carboxylic acids is 1. The normalized spacial score (nSPS) is 9.76. The number of hydrogen-bond donors (Lipinski definition) is 2. The Labute approximate surface area is 126 Å². The third-order valence-corrected chi connectivity index (χ3v) is 3.16. The first-order valence-electron chi connectivity index (χ1n) is 5.99. The topological polar surface area (TPSA) is 88.1 Å². The second kappa shape index (κ2) is 6.16. The van der Waals surface area contributed by atoms with Crippen LogP contribution in [0.2, 0.25) is 5.02 Å². The number of nitrogen functional groups attached to an aromatic ring is 1. The fourth-order valence-corrected chi connectivity index (χ4v) is 1.96. The molecule has 0 unspecified atom stereocenters. The Hall–Kier alpha value is -2.71. The van der Waals surface area contributed by atoms with Gasteiger partial charge < -0.3 is 15.8 Å². The molecule has 106 valence electrons. The van der Waals surface area contributed by atoms with Crippen LogP contribution >= 0.6 is 11.6 Å². The Morgan fingerprint density at radius 2 is 2.10 bits per heavy atom. The van der Waals surface area contributed by atoms with E-state index < -0.39 is 5.91 Å². The van der Waals surface area contributed by atoms with Crippen LogP contribution in [-0.4, -0.2) is 13.0 Å². The molecular weight excluding hydrogens is 290 g/mol. The molecule has 5 nitrogen and oxygen atoms in total. The van der Waals surface area contributed by atoms with Gasteiger partial charge in [0.15, 0.2) is 0 Å². The Morgan fingerprint density at radius 1 is 1.33 bits per heavy atom. The quantitative estimate of drug-likeness (QED) is 0.853. The number of halogens is 1. The maximum Gasteiger partial charge on any atom is 0.257 e. The van der Waals surface area contributed by atoms with Crippen molar-refractivity contribution in [3.05, 3.63) is 52.5 Å². The molecule has 0 saturated heterocycles. The molecule has 0 atom stereocenters. The van der Waals surface area contributed by atoms with E-state index >= 15 is 0 Å². The summed E-state index contributed by atoms with van der Waals surface area (Å²) < 4.78 is 5.07. The van der Waals surface area contributed by atoms with E-state index in [2.05, 4.69) is 5.32 Å². The van der Waals surface area contributed by atoms with Crippen molar-refractivity contribution in [1.82, 2.24) is 0 Å². The molecule has 21 heavy (non-hydrogen) atoms. The highest BCUT2D eigenvalue weighted by Gasteiger charge is 2.13. The van der Waals surface area contributed by atoms with Gasteiger partial charge in [-0.2, -0.15) is 5.26 Å². The molecule has 2 aromatic rings. The number of anilines is 2. The fourth-order valence-electron chi connectivity index (χ4n) is 1.73. The van der Waals surface area contributed by atoms with Crippen LogP contribution in [0.5, 0.6) is 5.75 Å². The number of methoxy groups -OCH3 is 1. The summed E-state index contributed by atoms with van der Waals surface area (Å²) in [4.78, 5) is 12.2. The highest BCUT2D eigenvalue weighted by molar-refractivity contribution is 6.34. The van der Waals surface area contributed by atoms with Crippen molar-refractivity contribution in [3.63, 3.8) is 0 Å². The van der Waals surface area contributed by atoms with E-state index in [4.69, 9.17) is 27.3 Å². The van der Waals surface area contributed by atoms with Crippen LogP contribution in [0.25, 0.3) is 0 Å². The lowest BCUT2D eigenvalue weighted by Crippen LogP contribution is -2.14. The maximum atomic E-state index is 12.2. The predicted molar refractivity (Wildman–Crippen MR) is 81.5 cm³/mol. The molecule has 0 heterocycles. The summed E-state index contributed by atoms with van der Waals surface area (Å²) in [6.45, 7) is 0. The summed E-state index contributed by atoms with van der Waals surface area (Å²) in [6, 6.07) is 11.4. The summed E-state index contributed by atoms with van der Waals surface area (Å²) in [5.74, 6) is 0.123. The van der Waals surface area contributed by atoms with E-state index in [0.29, 0.717) is 22.7 Å². The molecule has 0 saturated carbocycles. The van der Waals surface area contributed by atoms with Crippen molar-refractivity contribution in [1.29, 1.82) is 5.26 Å². The van der Waals surface area contributed by atoms with E-state index in [-0.39, 0.29) is 10.6 Å². The smallest absolute Gasteiger partial charge is 0.257 e. The van der Waals surface area contributed by atoms with E-state index in [1.165, 1.54) is 13.2 Å². The third-order valence-electron chi connectivity index (χ3n) is 2.85. The van der Waals surface area contributed by atoms with Crippen LogP contribution in [0.3, 0.4) is 0 Å². The lowest BCUT2D eigenvalue weighted by atomic mass is 10.1. The predicted octanol–water partition coefficient (Wildman–Crippen LogP) is 3.05. The van der Waals surface area contributed by atoms with Crippen LogP contribution < -0.4 is 15.8 Å². The van der Waals surface area contributed by atoms with Gasteiger partial charge in [-0.1, -0.05) is 11.6 Å². The number of benzene rings is 2. The lowest BCUT2D eigenvalue weighted by Gasteiger charge is -2.10. The minimum absolute atomic E-state index is 0.281. The van der Waals surface area contributed by atoms with Crippen molar-refractivity contribution in [2.45, 2.75) is 0 Å². The molecular formula is C15H12ClN3O2. The largest absolute Gasteiger partial charge is 0.497 e. The van der Waals surface area contributed by atoms with Gasteiger partial charge in [-0.25, -0.2) is 0 Å². The number of nitrogens with one attached hydrogen (secondary N) is 1. The number of rotatable bonds is 3. The van der Waals surface area contributed by atoms with Crippen molar-refractivity contribution in [3.8, 4) is 11.8 Å². The minimum Gasteiger partial charge on any atom is -0.497 e. The van der Waals surface area contributed by atoms with Gasteiger partial charge in [-0.15, -0.1) is 0 Å². The molecule has 2 aromatic carbocycles. The van der Waals surface area contributed by atoms with Gasteiger partial charge in [0.25, 0.3) is 5.91 Å². The van der Waals surface area contributed by atoms with E-state index in [1.807, 2.05) is 6.07 Å². The maximum absolute atomic E-state index is 12.2. The number of nitrogens with two attached hydrogens (primary N) is 1. The fraction of sp³-hybridized carbons (Fsp3) is 0.0667. The van der Waals surface area contributed by atoms with Gasteiger partial charge in [0.2, 0.25) is 0 Å². The zero-order chi connectivity index (χ0) is 15.4. The van der Waals surface area contributed by atoms with E-state index in [1.54, 1.807) is 30.3 Å². The van der Waals surface area contributed by atoms with Crippen molar-refractivity contribution < 1.29 is 9.53 Å². The van der Waals surface area contributed by atoms with E-state index in [9.17, 15) is 4.79 Å². The Kier molecular flexibility index (Phi) is 4.31. The Bertz CT molecular complexity index is 738. The van der Waals surface area contributed by atoms with E-state index in [0.717, 1.165) is 0 Å². The molecule has 0 spiro atoms. The minimum atomic E-state index is -0.405. The van der Waals surface area contributed by atoms with Crippen molar-refractivity contribution >= 4 is 28.9 Å². The summed E-state index contributed by atoms with van der Waals surface area (Å²) >= 11 is 6.02. The summed E-state index contributed by atoms with van der Waals surface area (Å²) in [5, 5.41) is 11.7. The standard InChI is InChI=1S/C15H12ClN3O2/c1-21-10-3-4-13(18)11(7-10)15(20)19-14-5-2-9(8-17)6-12(14)16/h2-7H,18H2,1H3,(H,19,20). The molecule has 0 aromatic heterocycles. The Morgan fingerprint density at radius 3 is 2.71 bits per heavy atom. The molecule has 0 radical (unpaired) electrons. The molecule has 0 aliphatic rings. The SMILES string of the molecule is COc1ccc(N)c(C(=O)Nc2ccc(C#N)cc2Cl)c1. The monoisotopic (exact) mass is 301 g/mol. The molecule has 0 bridgehead atoms. The zero-order valence-corrected chi connectivity index (χ0v) is 11.9. The summed E-state index contributed by atoms with van der Waals surface area (Å²) in [7, 11) is 1.50. The number of hydrogen-bond acceptors (Lipinski definition) is 4. The third kappa shape index (κ3) is 3.25. The first-order valence-corrected chi connectivity index (χ1v) is 6.37. The molecule has 6 heteroatoms. The van der Waals surface area contributed by atoms with Gasteiger partial charge >= 0.3 is 0 Å². The molecule has 0 aliphatic carbocycles. The molecule has 0 aliphatic heterocycles. The van der Waals surface area contributed by atoms with Gasteiger partial charge in [0.1, 0.15) is 5.75 Å². The number of ether oxygens (including phenoxy) is 1. The molecule has 2 rings (SSSR count). The number of amides is 1. The second-order valence-corrected chi connectivity index (χ2v) is 4.62. The highest BCUT2D eigenvalue weighted by Crippen LogP contribution is 2.25. The number of nitriles is 1. The lowest BCUT2D eigenvalue weighted by molar-refractivity contribution is 0.102. The van der Waals surface area contributed by atoms with Crippen LogP contribution in [0.15, 0.2) is 36.4 Å². The van der Waals surface area contributed by atoms with Crippen molar-refractivity contribution in [2.24, 2.45) is 0 Å². The Balaban J connectivity index is 2.28. The van der Waals surface area contributed by atoms with Crippen LogP contribution in [-0.2, 0) is 0 Å². The summed E-state index contributed by atoms with van der Waals surface area (Å²) in [6.07, 6.45) is 0. The van der Waals surface area contributed by atoms with Gasteiger partial charge in [-0.05, 0) is 36.4 Å². The van der Waals surface area contributed by atoms with Crippen molar-refractivity contribution in [2.75, 3.05) is 18.2 Å². The molecule has 1 amide bonds. The van der Waals surface area contributed by atoms with Gasteiger partial charge in [-0.3, -0.25) is 4.79 Å². The molecule has 0 fully saturated rings.